The fourth-order valence-corrected chi connectivity index (χ4v) is 5.30. The topological polar surface area (TPSA) is 72.5 Å². The van der Waals surface area contributed by atoms with Gasteiger partial charge in [0.1, 0.15) is 5.82 Å². The van der Waals surface area contributed by atoms with E-state index in [0.717, 1.165) is 24.3 Å². The van der Waals surface area contributed by atoms with E-state index in [4.69, 9.17) is 16.3 Å². The van der Waals surface area contributed by atoms with Crippen LogP contribution in [0.4, 0.5) is 18.9 Å². The molecule has 1 fully saturated rings. The van der Waals surface area contributed by atoms with Gasteiger partial charge in [0.15, 0.2) is 21.5 Å². The molecule has 2 aromatic rings. The Morgan fingerprint density at radius 1 is 1.14 bits per heavy atom. The second-order valence-electron chi connectivity index (χ2n) is 6.88. The number of carbonyl (C=O) groups excluding carboxylic acids is 1. The zero-order chi connectivity index (χ0) is 20.7. The van der Waals surface area contributed by atoms with E-state index < -0.39 is 49.2 Å². The molecule has 1 N–H and O–H groups in total. The molecule has 5 nitrogen and oxygen atoms in total. The first-order valence-electron chi connectivity index (χ1n) is 8.07. The number of nitrogens with one attached hydrogen (secondary N) is 1. The SMILES string of the molecule is CC1(CS(=O)(=O)c2ccc(F)c(C(=O)Nc3ccc(F)c(F)c3)c2Cl)COC1. The predicted molar refractivity (Wildman–Crippen MR) is 96.7 cm³/mol. The monoisotopic (exact) mass is 433 g/mol. The lowest BCUT2D eigenvalue weighted by Gasteiger charge is -2.37. The molecule has 0 bridgehead atoms. The number of sulfone groups is 1. The number of halogens is 4. The smallest absolute Gasteiger partial charge is 0.260 e. The quantitative estimate of drug-likeness (QED) is 0.727. The Labute approximate surface area is 164 Å². The third-order valence-corrected chi connectivity index (χ3v) is 6.83. The van der Waals surface area contributed by atoms with Crippen LogP contribution in [0.2, 0.25) is 5.02 Å². The van der Waals surface area contributed by atoms with Crippen LogP contribution in [0.1, 0.15) is 17.3 Å². The van der Waals surface area contributed by atoms with Gasteiger partial charge >= 0.3 is 0 Å². The minimum atomic E-state index is -3.94. The van der Waals surface area contributed by atoms with Crippen molar-refractivity contribution in [3.05, 3.63) is 58.4 Å². The van der Waals surface area contributed by atoms with Crippen molar-refractivity contribution in [3.63, 3.8) is 0 Å². The molecule has 10 heteroatoms. The van der Waals surface area contributed by atoms with Crippen LogP contribution in [0.25, 0.3) is 0 Å². The van der Waals surface area contributed by atoms with Gasteiger partial charge in [-0.2, -0.15) is 0 Å². The Morgan fingerprint density at radius 2 is 1.79 bits per heavy atom. The molecule has 28 heavy (non-hydrogen) atoms. The molecule has 0 unspecified atom stereocenters. The number of carbonyl (C=O) groups is 1. The molecule has 0 aliphatic carbocycles. The summed E-state index contributed by atoms with van der Waals surface area (Å²) in [5, 5.41) is 1.59. The van der Waals surface area contributed by atoms with Crippen LogP contribution in [0.5, 0.6) is 0 Å². The van der Waals surface area contributed by atoms with Gasteiger partial charge in [-0.1, -0.05) is 18.5 Å². The average Bonchev–Trinajstić information content (AvgIpc) is 2.56. The van der Waals surface area contributed by atoms with E-state index in [1.807, 2.05) is 0 Å². The van der Waals surface area contributed by atoms with Crippen LogP contribution in [0, 0.1) is 22.9 Å². The summed E-state index contributed by atoms with van der Waals surface area (Å²) in [6.45, 7) is 2.24. The van der Waals surface area contributed by atoms with Crippen molar-refractivity contribution in [2.45, 2.75) is 11.8 Å². The zero-order valence-electron chi connectivity index (χ0n) is 14.6. The van der Waals surface area contributed by atoms with Crippen LogP contribution in [0.15, 0.2) is 35.2 Å². The normalized spacial score (nSPS) is 15.8. The molecule has 150 valence electrons. The summed E-state index contributed by atoms with van der Waals surface area (Å²) in [4.78, 5) is 12.0. The van der Waals surface area contributed by atoms with E-state index in [2.05, 4.69) is 5.32 Å². The lowest BCUT2D eigenvalue weighted by atomic mass is 9.92. The maximum absolute atomic E-state index is 14.2. The molecule has 0 aromatic heterocycles. The highest BCUT2D eigenvalue weighted by Crippen LogP contribution is 2.35. The Hall–Kier alpha value is -2.10. The summed E-state index contributed by atoms with van der Waals surface area (Å²) >= 11 is 6.06. The van der Waals surface area contributed by atoms with Crippen molar-refractivity contribution in [1.82, 2.24) is 0 Å². The molecular formula is C18H15ClF3NO4S. The second-order valence-corrected chi connectivity index (χ2v) is 9.22. The zero-order valence-corrected chi connectivity index (χ0v) is 16.1. The largest absolute Gasteiger partial charge is 0.380 e. The summed E-state index contributed by atoms with van der Waals surface area (Å²) in [6, 6.07) is 4.37. The highest BCUT2D eigenvalue weighted by molar-refractivity contribution is 7.91. The molecule has 0 saturated carbocycles. The van der Waals surface area contributed by atoms with Gasteiger partial charge in [0.25, 0.3) is 5.91 Å². The number of amides is 1. The number of rotatable bonds is 5. The molecule has 1 amide bonds. The van der Waals surface area contributed by atoms with Gasteiger partial charge in [-0.3, -0.25) is 4.79 Å². The summed E-state index contributed by atoms with van der Waals surface area (Å²) in [5.74, 6) is -4.76. The third kappa shape index (κ3) is 4.01. The van der Waals surface area contributed by atoms with Crippen LogP contribution in [-0.2, 0) is 14.6 Å². The molecule has 1 saturated heterocycles. The first-order chi connectivity index (χ1) is 13.0. The van der Waals surface area contributed by atoms with E-state index in [0.29, 0.717) is 6.07 Å². The second kappa shape index (κ2) is 7.38. The van der Waals surface area contributed by atoms with Gasteiger partial charge in [-0.15, -0.1) is 0 Å². The summed E-state index contributed by atoms with van der Waals surface area (Å²) in [5.41, 5.74) is -1.45. The Balaban J connectivity index is 1.94. The van der Waals surface area contributed by atoms with E-state index in [1.54, 1.807) is 6.92 Å². The maximum Gasteiger partial charge on any atom is 0.260 e. The summed E-state index contributed by atoms with van der Waals surface area (Å²) < 4.78 is 71.0. The number of ether oxygens (including phenoxy) is 1. The van der Waals surface area contributed by atoms with Crippen molar-refractivity contribution in [1.29, 1.82) is 0 Å². The average molecular weight is 434 g/mol. The van der Waals surface area contributed by atoms with E-state index in [-0.39, 0.29) is 29.5 Å². The molecule has 0 atom stereocenters. The highest BCUT2D eigenvalue weighted by atomic mass is 35.5. The number of hydrogen-bond donors (Lipinski definition) is 1. The molecule has 1 aliphatic heterocycles. The van der Waals surface area contributed by atoms with Crippen LogP contribution < -0.4 is 5.32 Å². The first-order valence-corrected chi connectivity index (χ1v) is 10.1. The fourth-order valence-electron chi connectivity index (χ4n) is 2.82. The van der Waals surface area contributed by atoms with Gasteiger partial charge in [-0.25, -0.2) is 21.6 Å². The number of benzene rings is 2. The Morgan fingerprint density at radius 3 is 2.36 bits per heavy atom. The van der Waals surface area contributed by atoms with E-state index >= 15 is 0 Å². The predicted octanol–water partition coefficient (Wildman–Crippen LogP) is 3.82. The molecule has 0 radical (unpaired) electrons. The van der Waals surface area contributed by atoms with Gasteiger partial charge in [0.05, 0.1) is 34.4 Å². The summed E-state index contributed by atoms with van der Waals surface area (Å²) in [6.07, 6.45) is 0. The molecule has 2 aromatic carbocycles. The van der Waals surface area contributed by atoms with Crippen molar-refractivity contribution < 1.29 is 31.1 Å². The van der Waals surface area contributed by atoms with Crippen molar-refractivity contribution in [3.8, 4) is 0 Å². The summed E-state index contributed by atoms with van der Waals surface area (Å²) in [7, 11) is -3.94. The maximum atomic E-state index is 14.2. The van der Waals surface area contributed by atoms with Gasteiger partial charge < -0.3 is 10.1 Å². The highest BCUT2D eigenvalue weighted by Gasteiger charge is 2.39. The third-order valence-electron chi connectivity index (χ3n) is 4.23. The number of anilines is 1. The molecule has 1 heterocycles. The van der Waals surface area contributed by atoms with Crippen molar-refractivity contribution in [2.24, 2.45) is 5.41 Å². The minimum absolute atomic E-state index is 0.147. The van der Waals surface area contributed by atoms with Crippen LogP contribution in [-0.4, -0.2) is 33.3 Å². The van der Waals surface area contributed by atoms with Gasteiger partial charge in [-0.05, 0) is 24.3 Å². The van der Waals surface area contributed by atoms with Crippen LogP contribution >= 0.6 is 11.6 Å². The van der Waals surface area contributed by atoms with Crippen LogP contribution in [0.3, 0.4) is 0 Å². The number of hydrogen-bond acceptors (Lipinski definition) is 4. The van der Waals surface area contributed by atoms with Gasteiger partial charge in [0.2, 0.25) is 0 Å². The van der Waals surface area contributed by atoms with Gasteiger partial charge in [0, 0.05) is 17.2 Å². The Kier molecular flexibility index (Phi) is 5.44. The minimum Gasteiger partial charge on any atom is -0.380 e. The standard InChI is InChI=1S/C18H15ClF3NO4S/c1-18(7-27-8-18)9-28(25,26)14-5-4-12(21)15(16(14)19)17(24)23-10-2-3-11(20)13(22)6-10/h2-6H,7-9H2,1H3,(H,23,24). The molecular weight excluding hydrogens is 419 g/mol. The van der Waals surface area contributed by atoms with E-state index in [9.17, 15) is 26.4 Å². The Bertz CT molecular complexity index is 1060. The molecule has 3 rings (SSSR count). The first kappa shape index (κ1) is 20.6. The van der Waals surface area contributed by atoms with E-state index in [1.165, 1.54) is 0 Å². The van der Waals surface area contributed by atoms with Crippen molar-refractivity contribution >= 4 is 33.0 Å². The lowest BCUT2D eigenvalue weighted by Crippen LogP contribution is -2.45. The lowest BCUT2D eigenvalue weighted by molar-refractivity contribution is -0.0870. The molecule has 1 aliphatic rings. The van der Waals surface area contributed by atoms with Crippen molar-refractivity contribution in [2.75, 3.05) is 24.3 Å². The molecule has 0 spiro atoms. The fraction of sp³-hybridized carbons (Fsp3) is 0.278.